The van der Waals surface area contributed by atoms with Crippen molar-refractivity contribution in [3.63, 3.8) is 0 Å². The lowest BCUT2D eigenvalue weighted by molar-refractivity contribution is 0.675. The third-order valence-electron chi connectivity index (χ3n) is 3.55. The van der Waals surface area contributed by atoms with Crippen LogP contribution in [0.2, 0.25) is 0 Å². The minimum atomic E-state index is 1.18. The number of hydrogen-bond donors (Lipinski definition) is 0. The summed E-state index contributed by atoms with van der Waals surface area (Å²) in [5.74, 6) is 0. The molecule has 0 aromatic heterocycles. The minimum Gasteiger partial charge on any atom is -0.103 e. The van der Waals surface area contributed by atoms with Gasteiger partial charge in [-0.25, -0.2) is 0 Å². The first-order valence-corrected chi connectivity index (χ1v) is 11.1. The van der Waals surface area contributed by atoms with E-state index in [1.807, 2.05) is 24.3 Å². The fourth-order valence-electron chi connectivity index (χ4n) is 1.76. The van der Waals surface area contributed by atoms with Crippen LogP contribution in [0.5, 0.6) is 0 Å². The molecular weight excluding hydrogens is 312 g/mol. The van der Waals surface area contributed by atoms with Crippen LogP contribution in [0.4, 0.5) is 0 Å². The van der Waals surface area contributed by atoms with Gasteiger partial charge < -0.3 is 0 Å². The van der Waals surface area contributed by atoms with Crippen LogP contribution in [0.3, 0.4) is 0 Å². The first-order valence-electron chi connectivity index (χ1n) is 11.1. The highest BCUT2D eigenvalue weighted by Crippen LogP contribution is 2.01. The van der Waals surface area contributed by atoms with Crippen molar-refractivity contribution in [2.45, 2.75) is 118 Å². The van der Waals surface area contributed by atoms with Crippen LogP contribution in [-0.2, 0) is 0 Å². The Kier molecular flexibility index (Phi) is 55.1. The lowest BCUT2D eigenvalue weighted by Crippen LogP contribution is -1.71. The molecule has 0 bridgehead atoms. The van der Waals surface area contributed by atoms with Gasteiger partial charge in [-0.15, -0.1) is 26.3 Å². The molecule has 0 aliphatic heterocycles. The van der Waals surface area contributed by atoms with Crippen LogP contribution < -0.4 is 0 Å². The van der Waals surface area contributed by atoms with E-state index in [2.05, 4.69) is 54.0 Å². The SMILES string of the molecule is C=CCCCC.C=CCCCC.C=CCCCC.C=CCCCCCC. The van der Waals surface area contributed by atoms with E-state index in [-0.39, 0.29) is 0 Å². The van der Waals surface area contributed by atoms with Gasteiger partial charge in [0.05, 0.1) is 0 Å². The van der Waals surface area contributed by atoms with Crippen molar-refractivity contribution in [2.75, 3.05) is 0 Å². The van der Waals surface area contributed by atoms with Crippen molar-refractivity contribution in [1.82, 2.24) is 0 Å². The van der Waals surface area contributed by atoms with Crippen molar-refractivity contribution in [2.24, 2.45) is 0 Å². The van der Waals surface area contributed by atoms with Gasteiger partial charge in [-0.1, -0.05) is 110 Å². The molecular formula is C26H52. The summed E-state index contributed by atoms with van der Waals surface area (Å²) in [4.78, 5) is 0. The van der Waals surface area contributed by atoms with Gasteiger partial charge >= 0.3 is 0 Å². The van der Waals surface area contributed by atoms with Crippen LogP contribution in [0.25, 0.3) is 0 Å². The molecule has 0 atom stereocenters. The highest BCUT2D eigenvalue weighted by Gasteiger charge is 1.81. The Balaban J connectivity index is -0.000000125. The largest absolute Gasteiger partial charge is 0.103 e. The molecule has 0 N–H and O–H groups in total. The van der Waals surface area contributed by atoms with Crippen LogP contribution in [-0.4, -0.2) is 0 Å². The van der Waals surface area contributed by atoms with E-state index in [0.29, 0.717) is 0 Å². The van der Waals surface area contributed by atoms with Gasteiger partial charge in [-0.2, -0.15) is 0 Å². The van der Waals surface area contributed by atoms with Crippen molar-refractivity contribution >= 4 is 0 Å². The van der Waals surface area contributed by atoms with Crippen LogP contribution >= 0.6 is 0 Å². The molecule has 0 aromatic rings. The maximum Gasteiger partial charge on any atom is -0.0353 e. The Bertz CT molecular complexity index is 208. The van der Waals surface area contributed by atoms with Crippen LogP contribution in [0.1, 0.15) is 118 Å². The molecule has 0 nitrogen and oxygen atoms in total. The number of rotatable bonds is 14. The smallest absolute Gasteiger partial charge is 0.0353 e. The van der Waals surface area contributed by atoms with Gasteiger partial charge in [-0.05, 0) is 32.1 Å². The average Bonchev–Trinajstić information content (AvgIpc) is 2.68. The van der Waals surface area contributed by atoms with E-state index in [0.717, 1.165) is 0 Å². The predicted molar refractivity (Wildman–Crippen MR) is 128 cm³/mol. The van der Waals surface area contributed by atoms with Gasteiger partial charge in [0.1, 0.15) is 0 Å². The molecule has 0 amide bonds. The normalized spacial score (nSPS) is 8.46. The summed E-state index contributed by atoms with van der Waals surface area (Å²) >= 11 is 0. The molecule has 0 heterocycles. The summed E-state index contributed by atoms with van der Waals surface area (Å²) in [5.41, 5.74) is 0. The second-order valence-corrected chi connectivity index (χ2v) is 6.43. The summed E-state index contributed by atoms with van der Waals surface area (Å²) < 4.78 is 0. The number of allylic oxidation sites excluding steroid dienone is 4. The van der Waals surface area contributed by atoms with E-state index >= 15 is 0 Å². The van der Waals surface area contributed by atoms with E-state index < -0.39 is 0 Å². The molecule has 26 heavy (non-hydrogen) atoms. The topological polar surface area (TPSA) is 0 Å². The van der Waals surface area contributed by atoms with Crippen LogP contribution in [0, 0.1) is 0 Å². The average molecular weight is 365 g/mol. The highest BCUT2D eigenvalue weighted by atomic mass is 13.9. The number of unbranched alkanes of at least 4 members (excludes halogenated alkanes) is 10. The van der Waals surface area contributed by atoms with Crippen LogP contribution in [0.15, 0.2) is 50.6 Å². The van der Waals surface area contributed by atoms with Crippen molar-refractivity contribution in [3.8, 4) is 0 Å². The quantitative estimate of drug-likeness (QED) is 0.212. The first-order chi connectivity index (χ1) is 12.7. The molecule has 0 spiro atoms. The van der Waals surface area contributed by atoms with E-state index in [9.17, 15) is 0 Å². The third-order valence-corrected chi connectivity index (χ3v) is 3.55. The first kappa shape index (κ1) is 32.6. The van der Waals surface area contributed by atoms with Gasteiger partial charge in [0.2, 0.25) is 0 Å². The van der Waals surface area contributed by atoms with Crippen molar-refractivity contribution in [3.05, 3.63) is 50.6 Å². The highest BCUT2D eigenvalue weighted by molar-refractivity contribution is 4.65. The summed E-state index contributed by atoms with van der Waals surface area (Å²) in [6, 6.07) is 0. The van der Waals surface area contributed by atoms with Gasteiger partial charge in [0.15, 0.2) is 0 Å². The zero-order chi connectivity index (χ0) is 20.7. The standard InChI is InChI=1S/C8H16.3C6H12/c1-3-5-7-8-6-4-2;3*1-3-5-6-4-2/h3H,1,4-8H2,2H3;3*3H,1,4-6H2,2H3. The fourth-order valence-corrected chi connectivity index (χ4v) is 1.76. The number of hydrogen-bond acceptors (Lipinski definition) is 0. The van der Waals surface area contributed by atoms with E-state index in [1.165, 1.54) is 89.9 Å². The summed E-state index contributed by atoms with van der Waals surface area (Å²) in [7, 11) is 0. The minimum absolute atomic E-state index is 1.18. The Labute approximate surface area is 168 Å². The van der Waals surface area contributed by atoms with Gasteiger partial charge in [-0.3, -0.25) is 0 Å². The Hall–Kier alpha value is -1.04. The lowest BCUT2D eigenvalue weighted by Gasteiger charge is -1.91. The van der Waals surface area contributed by atoms with Crippen molar-refractivity contribution in [1.29, 1.82) is 0 Å². The zero-order valence-electron chi connectivity index (χ0n) is 19.0. The predicted octanol–water partition coefficient (Wildman–Crippen LogP) is 10.2. The Morgan fingerprint density at radius 2 is 0.654 bits per heavy atom. The fraction of sp³-hybridized carbons (Fsp3) is 0.692. The maximum atomic E-state index is 3.66. The Morgan fingerprint density at radius 3 is 0.846 bits per heavy atom. The second-order valence-electron chi connectivity index (χ2n) is 6.43. The van der Waals surface area contributed by atoms with Crippen molar-refractivity contribution < 1.29 is 0 Å². The molecule has 0 aliphatic rings. The molecule has 156 valence electrons. The van der Waals surface area contributed by atoms with E-state index in [1.54, 1.807) is 0 Å². The maximum absolute atomic E-state index is 3.66. The summed E-state index contributed by atoms with van der Waals surface area (Å²) in [5, 5.41) is 0. The van der Waals surface area contributed by atoms with Gasteiger partial charge in [0.25, 0.3) is 0 Å². The molecule has 0 fully saturated rings. The van der Waals surface area contributed by atoms with E-state index in [4.69, 9.17) is 0 Å². The second kappa shape index (κ2) is 43.9. The lowest BCUT2D eigenvalue weighted by atomic mass is 10.2. The molecule has 0 saturated heterocycles. The molecule has 0 unspecified atom stereocenters. The third kappa shape index (κ3) is 65.9. The molecule has 0 saturated carbocycles. The summed E-state index contributed by atoms with van der Waals surface area (Å²) in [6.07, 6.45) is 25.8. The summed E-state index contributed by atoms with van der Waals surface area (Å²) in [6.45, 7) is 23.2. The molecule has 0 radical (unpaired) electrons. The molecule has 0 aromatic carbocycles. The Morgan fingerprint density at radius 1 is 0.385 bits per heavy atom. The zero-order valence-corrected chi connectivity index (χ0v) is 19.0. The van der Waals surface area contributed by atoms with Gasteiger partial charge in [0, 0.05) is 0 Å². The molecule has 0 aliphatic carbocycles. The molecule has 0 heteroatoms. The molecule has 0 rings (SSSR count). The monoisotopic (exact) mass is 364 g/mol.